The van der Waals surface area contributed by atoms with E-state index in [-0.39, 0.29) is 23.8 Å². The number of Topliss-reactive ketones (excluding diaryl/α,β-unsaturated/α-hetero) is 3. The van der Waals surface area contributed by atoms with Crippen molar-refractivity contribution in [3.8, 4) is 0 Å². The Balaban J connectivity index is 2.60. The molecule has 0 aromatic carbocycles. The van der Waals surface area contributed by atoms with Crippen LogP contribution >= 0.6 is 0 Å². The fourth-order valence-electron chi connectivity index (χ4n) is 3.48. The molecular weight excluding hydrogens is 272 g/mol. The first-order valence-electron chi connectivity index (χ1n) is 6.97. The van der Waals surface area contributed by atoms with Crippen LogP contribution in [0.3, 0.4) is 0 Å². The lowest BCUT2D eigenvalue weighted by Gasteiger charge is -2.43. The van der Waals surface area contributed by atoms with Gasteiger partial charge in [0.05, 0.1) is 17.4 Å². The van der Waals surface area contributed by atoms with Crippen LogP contribution < -0.4 is 0 Å². The summed E-state index contributed by atoms with van der Waals surface area (Å²) in [5.74, 6) is -2.39. The summed E-state index contributed by atoms with van der Waals surface area (Å²) in [6.07, 6.45) is -0.197. The van der Waals surface area contributed by atoms with E-state index in [0.29, 0.717) is 11.5 Å². The highest BCUT2D eigenvalue weighted by Gasteiger charge is 2.54. The van der Waals surface area contributed by atoms with Gasteiger partial charge in [-0.2, -0.15) is 0 Å². The minimum Gasteiger partial charge on any atom is -0.466 e. The minimum absolute atomic E-state index is 0.197. The molecule has 1 aliphatic carbocycles. The van der Waals surface area contributed by atoms with E-state index in [2.05, 4.69) is 0 Å². The van der Waals surface area contributed by atoms with Crippen molar-refractivity contribution in [2.75, 3.05) is 0 Å². The molecule has 0 bridgehead atoms. The van der Waals surface area contributed by atoms with E-state index >= 15 is 0 Å². The average Bonchev–Trinajstić information content (AvgIpc) is 2.71. The summed E-state index contributed by atoms with van der Waals surface area (Å²) >= 11 is 0. The lowest BCUT2D eigenvalue weighted by molar-refractivity contribution is -0.152. The van der Waals surface area contributed by atoms with Gasteiger partial charge in [-0.25, -0.2) is 0 Å². The van der Waals surface area contributed by atoms with Crippen LogP contribution in [0.1, 0.15) is 44.6 Å². The van der Waals surface area contributed by atoms with Gasteiger partial charge in [0.1, 0.15) is 28.9 Å². The smallest absolute Gasteiger partial charge is 0.146 e. The van der Waals surface area contributed by atoms with Crippen LogP contribution in [0.5, 0.6) is 0 Å². The molecule has 0 spiro atoms. The molecule has 4 atom stereocenters. The summed E-state index contributed by atoms with van der Waals surface area (Å²) < 4.78 is 5.56. The van der Waals surface area contributed by atoms with Gasteiger partial charge in [-0.15, -0.1) is 0 Å². The maximum absolute atomic E-state index is 12.3. The quantitative estimate of drug-likeness (QED) is 0.859. The topological polar surface area (TPSA) is 84.6 Å². The molecule has 2 rings (SSSR count). The molecule has 4 unspecified atom stereocenters. The Morgan fingerprint density at radius 2 is 1.90 bits per heavy atom. The maximum atomic E-state index is 12.3. The van der Waals surface area contributed by atoms with E-state index in [0.717, 1.165) is 0 Å². The molecule has 1 heterocycles. The van der Waals surface area contributed by atoms with E-state index in [9.17, 15) is 19.5 Å². The summed E-state index contributed by atoms with van der Waals surface area (Å²) in [5.41, 5.74) is -1.47. The molecule has 0 aliphatic heterocycles. The van der Waals surface area contributed by atoms with Crippen LogP contribution in [-0.4, -0.2) is 28.1 Å². The molecule has 5 nitrogen and oxygen atoms in total. The van der Waals surface area contributed by atoms with Crippen molar-refractivity contribution < 1.29 is 23.9 Å². The van der Waals surface area contributed by atoms with Crippen molar-refractivity contribution >= 4 is 17.3 Å². The second-order valence-electron chi connectivity index (χ2n) is 6.15. The highest BCUT2D eigenvalue weighted by molar-refractivity contribution is 6.04. The summed E-state index contributed by atoms with van der Waals surface area (Å²) in [6.45, 7) is 5.92. The Kier molecular flexibility index (Phi) is 3.89. The average molecular weight is 292 g/mol. The molecule has 1 fully saturated rings. The highest BCUT2D eigenvalue weighted by atomic mass is 16.3. The minimum atomic E-state index is -1.47. The number of aliphatic hydroxyl groups is 1. The van der Waals surface area contributed by atoms with Crippen molar-refractivity contribution in [1.82, 2.24) is 0 Å². The van der Waals surface area contributed by atoms with Crippen LogP contribution in [0.2, 0.25) is 0 Å². The Labute approximate surface area is 123 Å². The molecule has 21 heavy (non-hydrogen) atoms. The lowest BCUT2D eigenvalue weighted by atomic mass is 9.61. The molecular formula is C16H20O5. The summed E-state index contributed by atoms with van der Waals surface area (Å²) in [4.78, 5) is 36.3. The van der Waals surface area contributed by atoms with Gasteiger partial charge in [0.15, 0.2) is 0 Å². The predicted molar refractivity (Wildman–Crippen MR) is 74.8 cm³/mol. The Morgan fingerprint density at radius 1 is 1.29 bits per heavy atom. The zero-order chi connectivity index (χ0) is 15.9. The van der Waals surface area contributed by atoms with Crippen molar-refractivity contribution in [3.05, 3.63) is 23.7 Å². The number of ketones is 3. The van der Waals surface area contributed by atoms with Gasteiger partial charge in [-0.3, -0.25) is 14.4 Å². The van der Waals surface area contributed by atoms with Crippen LogP contribution in [0, 0.1) is 18.8 Å². The molecule has 1 aliphatic rings. The zero-order valence-electron chi connectivity index (χ0n) is 12.7. The van der Waals surface area contributed by atoms with E-state index in [1.54, 1.807) is 19.1 Å². The number of rotatable bonds is 3. The van der Waals surface area contributed by atoms with Crippen molar-refractivity contribution in [3.63, 3.8) is 0 Å². The van der Waals surface area contributed by atoms with E-state index < -0.39 is 23.4 Å². The normalized spacial score (nSPS) is 33.0. The third-order valence-corrected chi connectivity index (χ3v) is 4.23. The number of aryl methyl sites for hydroxylation is 1. The third kappa shape index (κ3) is 2.70. The first kappa shape index (κ1) is 15.6. The van der Waals surface area contributed by atoms with Gasteiger partial charge >= 0.3 is 0 Å². The van der Waals surface area contributed by atoms with Crippen LogP contribution in [0.15, 0.2) is 16.5 Å². The lowest BCUT2D eigenvalue weighted by Crippen LogP contribution is -2.53. The van der Waals surface area contributed by atoms with Gasteiger partial charge in [0.25, 0.3) is 0 Å². The Bertz CT molecular complexity index is 596. The molecule has 1 aromatic rings. The second kappa shape index (κ2) is 5.22. The Morgan fingerprint density at radius 3 is 2.33 bits per heavy atom. The standard InChI is InChI=1S/C16H20O5/c1-8-5-6-12(21-8)14-13(9(2)17)11(19)7-16(4,20)15(14)10(3)18/h5-6,13-15,20H,7H2,1-4H3. The summed E-state index contributed by atoms with van der Waals surface area (Å²) in [6, 6.07) is 3.39. The van der Waals surface area contributed by atoms with Crippen molar-refractivity contribution in [1.29, 1.82) is 0 Å². The van der Waals surface area contributed by atoms with Crippen LogP contribution in [0.25, 0.3) is 0 Å². The molecule has 1 saturated carbocycles. The van der Waals surface area contributed by atoms with E-state index in [1.165, 1.54) is 20.8 Å². The van der Waals surface area contributed by atoms with Crippen molar-refractivity contribution in [2.24, 2.45) is 11.8 Å². The number of carbonyl (C=O) groups is 3. The fourth-order valence-corrected chi connectivity index (χ4v) is 3.48. The van der Waals surface area contributed by atoms with E-state index in [4.69, 9.17) is 4.42 Å². The van der Waals surface area contributed by atoms with Gasteiger partial charge in [0.2, 0.25) is 0 Å². The number of hydrogen-bond donors (Lipinski definition) is 1. The fraction of sp³-hybridized carbons (Fsp3) is 0.562. The maximum Gasteiger partial charge on any atom is 0.146 e. The summed E-state index contributed by atoms with van der Waals surface area (Å²) in [7, 11) is 0. The number of carbonyl (C=O) groups excluding carboxylic acids is 3. The molecule has 0 saturated heterocycles. The number of furan rings is 1. The first-order chi connectivity index (χ1) is 9.65. The van der Waals surface area contributed by atoms with E-state index in [1.807, 2.05) is 0 Å². The largest absolute Gasteiger partial charge is 0.466 e. The third-order valence-electron chi connectivity index (χ3n) is 4.23. The molecule has 114 valence electrons. The van der Waals surface area contributed by atoms with Gasteiger partial charge < -0.3 is 9.52 Å². The van der Waals surface area contributed by atoms with Crippen LogP contribution in [0.4, 0.5) is 0 Å². The van der Waals surface area contributed by atoms with Gasteiger partial charge in [-0.1, -0.05) is 0 Å². The predicted octanol–water partition coefficient (Wildman–Crippen LogP) is 1.81. The van der Waals surface area contributed by atoms with Crippen molar-refractivity contribution in [2.45, 2.75) is 45.6 Å². The highest BCUT2D eigenvalue weighted by Crippen LogP contribution is 2.46. The molecule has 0 amide bonds. The summed E-state index contributed by atoms with van der Waals surface area (Å²) in [5, 5.41) is 10.5. The number of hydrogen-bond acceptors (Lipinski definition) is 5. The first-order valence-corrected chi connectivity index (χ1v) is 6.97. The van der Waals surface area contributed by atoms with Gasteiger partial charge in [0, 0.05) is 12.3 Å². The monoisotopic (exact) mass is 292 g/mol. The molecule has 1 N–H and O–H groups in total. The Hall–Kier alpha value is -1.75. The van der Waals surface area contributed by atoms with Gasteiger partial charge in [-0.05, 0) is 39.8 Å². The molecule has 1 aromatic heterocycles. The molecule has 0 radical (unpaired) electrons. The molecule has 5 heteroatoms. The second-order valence-corrected chi connectivity index (χ2v) is 6.15. The SMILES string of the molecule is CC(=O)C1C(=O)CC(C)(O)C(C(C)=O)C1c1ccc(C)o1. The zero-order valence-corrected chi connectivity index (χ0v) is 12.7. The van der Waals surface area contributed by atoms with Crippen LogP contribution in [-0.2, 0) is 14.4 Å².